The number of nitrogens with two attached hydrogens (primary N) is 1. The van der Waals surface area contributed by atoms with Crippen molar-refractivity contribution in [2.45, 2.75) is 70.4 Å². The van der Waals surface area contributed by atoms with E-state index >= 15 is 0 Å². The maximum Gasteiger partial charge on any atom is 0.0642 e. The van der Waals surface area contributed by atoms with Crippen LogP contribution in [0.5, 0.6) is 0 Å². The lowest BCUT2D eigenvalue weighted by Gasteiger charge is -2.30. The van der Waals surface area contributed by atoms with Crippen LogP contribution in [0.2, 0.25) is 5.02 Å². The predicted octanol–water partition coefficient (Wildman–Crippen LogP) is 4.78. The Kier molecular flexibility index (Phi) is 6.38. The van der Waals surface area contributed by atoms with Gasteiger partial charge in [-0.1, -0.05) is 50.3 Å². The van der Waals surface area contributed by atoms with Gasteiger partial charge in [-0.2, -0.15) is 0 Å². The molecule has 1 aliphatic carbocycles. The van der Waals surface area contributed by atoms with E-state index in [4.69, 9.17) is 17.3 Å². The smallest absolute Gasteiger partial charge is 0.0642 e. The van der Waals surface area contributed by atoms with Crippen LogP contribution >= 0.6 is 11.6 Å². The van der Waals surface area contributed by atoms with E-state index in [1.165, 1.54) is 44.1 Å². The fourth-order valence-electron chi connectivity index (χ4n) is 3.25. The van der Waals surface area contributed by atoms with E-state index in [1.54, 1.807) is 0 Å². The van der Waals surface area contributed by atoms with Gasteiger partial charge >= 0.3 is 0 Å². The van der Waals surface area contributed by atoms with Crippen molar-refractivity contribution in [2.24, 2.45) is 5.73 Å². The van der Waals surface area contributed by atoms with Crippen molar-refractivity contribution in [3.8, 4) is 0 Å². The molecule has 0 bridgehead atoms. The molecule has 1 unspecified atom stereocenters. The summed E-state index contributed by atoms with van der Waals surface area (Å²) in [6, 6.07) is 7.31. The molecule has 0 amide bonds. The minimum absolute atomic E-state index is 0.228. The summed E-state index contributed by atoms with van der Waals surface area (Å²) in [7, 11) is 2.19. The lowest BCUT2D eigenvalue weighted by atomic mass is 10.0. The van der Waals surface area contributed by atoms with Crippen LogP contribution in [0, 0.1) is 0 Å². The number of nitrogens with zero attached hydrogens (tertiary/aromatic N) is 1. The normalized spacial score (nSPS) is 18.3. The summed E-state index contributed by atoms with van der Waals surface area (Å²) in [6.45, 7) is 2.13. The van der Waals surface area contributed by atoms with Crippen LogP contribution in [0.3, 0.4) is 0 Å². The first kappa shape index (κ1) is 16.6. The Morgan fingerprint density at radius 2 is 1.90 bits per heavy atom. The van der Waals surface area contributed by atoms with Gasteiger partial charge in [-0.05, 0) is 43.4 Å². The van der Waals surface area contributed by atoms with Gasteiger partial charge in [-0.25, -0.2) is 0 Å². The molecule has 0 aromatic heterocycles. The number of rotatable bonds is 5. The Hall–Kier alpha value is -0.730. The highest BCUT2D eigenvalue weighted by Gasteiger charge is 2.19. The largest absolute Gasteiger partial charge is 0.370 e. The first-order valence-corrected chi connectivity index (χ1v) is 8.76. The molecule has 2 nitrogen and oxygen atoms in total. The van der Waals surface area contributed by atoms with E-state index < -0.39 is 0 Å². The molecule has 1 aromatic rings. The average molecular weight is 309 g/mol. The van der Waals surface area contributed by atoms with Gasteiger partial charge in [0.2, 0.25) is 0 Å². The van der Waals surface area contributed by atoms with Gasteiger partial charge in [0, 0.05) is 19.1 Å². The van der Waals surface area contributed by atoms with Crippen LogP contribution < -0.4 is 10.6 Å². The topological polar surface area (TPSA) is 29.3 Å². The fourth-order valence-corrected chi connectivity index (χ4v) is 3.59. The van der Waals surface area contributed by atoms with Gasteiger partial charge in [-0.3, -0.25) is 0 Å². The third-order valence-corrected chi connectivity index (χ3v) is 5.09. The van der Waals surface area contributed by atoms with E-state index in [1.807, 2.05) is 0 Å². The maximum absolute atomic E-state index is 6.53. The predicted molar refractivity (Wildman–Crippen MR) is 93.3 cm³/mol. The van der Waals surface area contributed by atoms with Crippen LogP contribution in [-0.4, -0.2) is 19.1 Å². The van der Waals surface area contributed by atoms with E-state index in [0.29, 0.717) is 6.04 Å². The molecule has 1 fully saturated rings. The van der Waals surface area contributed by atoms with Crippen LogP contribution in [0.25, 0.3) is 0 Å². The molecule has 1 aliphatic rings. The van der Waals surface area contributed by atoms with Crippen LogP contribution in [0.15, 0.2) is 18.2 Å². The van der Waals surface area contributed by atoms with Crippen LogP contribution in [-0.2, 0) is 6.42 Å². The molecule has 0 spiro atoms. The quantitative estimate of drug-likeness (QED) is 0.793. The van der Waals surface area contributed by atoms with Crippen molar-refractivity contribution in [3.63, 3.8) is 0 Å². The molecular formula is C18H29ClN2. The molecule has 1 saturated carbocycles. The number of hydrogen-bond donors (Lipinski definition) is 1. The fraction of sp³-hybridized carbons (Fsp3) is 0.667. The molecule has 1 aromatic carbocycles. The summed E-state index contributed by atoms with van der Waals surface area (Å²) < 4.78 is 0. The molecular weight excluding hydrogens is 280 g/mol. The molecule has 0 aliphatic heterocycles. The lowest BCUT2D eigenvalue weighted by molar-refractivity contribution is 0.553. The third-order valence-electron chi connectivity index (χ3n) is 4.79. The molecule has 21 heavy (non-hydrogen) atoms. The summed E-state index contributed by atoms with van der Waals surface area (Å²) >= 11 is 6.53. The summed E-state index contributed by atoms with van der Waals surface area (Å²) in [4.78, 5) is 2.39. The van der Waals surface area contributed by atoms with Crippen molar-refractivity contribution >= 4 is 17.3 Å². The molecule has 118 valence electrons. The molecule has 1 atom stereocenters. The van der Waals surface area contributed by atoms with Crippen molar-refractivity contribution in [1.29, 1.82) is 0 Å². The van der Waals surface area contributed by atoms with Gasteiger partial charge < -0.3 is 10.6 Å². The van der Waals surface area contributed by atoms with Crippen LogP contribution in [0.1, 0.15) is 57.4 Å². The van der Waals surface area contributed by atoms with E-state index in [0.717, 1.165) is 23.6 Å². The first-order chi connectivity index (χ1) is 10.1. The minimum atomic E-state index is 0.228. The molecule has 2 rings (SSSR count). The summed E-state index contributed by atoms with van der Waals surface area (Å²) in [6.07, 6.45) is 9.93. The van der Waals surface area contributed by atoms with Crippen molar-refractivity contribution in [3.05, 3.63) is 28.8 Å². The second kappa shape index (κ2) is 8.05. The van der Waals surface area contributed by atoms with Crippen molar-refractivity contribution < 1.29 is 0 Å². The molecule has 0 saturated heterocycles. The average Bonchev–Trinajstić information content (AvgIpc) is 2.75. The van der Waals surface area contributed by atoms with Crippen LogP contribution in [0.4, 0.5) is 5.69 Å². The minimum Gasteiger partial charge on any atom is -0.370 e. The molecule has 2 N–H and O–H groups in total. The zero-order chi connectivity index (χ0) is 15.2. The third kappa shape index (κ3) is 4.62. The second-order valence-electron chi connectivity index (χ2n) is 6.41. The second-order valence-corrected chi connectivity index (χ2v) is 6.82. The highest BCUT2D eigenvalue weighted by molar-refractivity contribution is 6.33. The zero-order valence-electron chi connectivity index (χ0n) is 13.4. The maximum atomic E-state index is 6.53. The van der Waals surface area contributed by atoms with Gasteiger partial charge in [0.1, 0.15) is 0 Å². The highest BCUT2D eigenvalue weighted by atomic mass is 35.5. The summed E-state index contributed by atoms with van der Waals surface area (Å²) in [5, 5.41) is 0.863. The summed E-state index contributed by atoms with van der Waals surface area (Å²) in [5.74, 6) is 0. The zero-order valence-corrected chi connectivity index (χ0v) is 14.2. The number of halogens is 1. The van der Waals surface area contributed by atoms with Crippen molar-refractivity contribution in [1.82, 2.24) is 0 Å². The van der Waals surface area contributed by atoms with Gasteiger partial charge in [0.15, 0.2) is 0 Å². The Labute approximate surface area is 134 Å². The molecule has 3 heteroatoms. The molecule has 0 heterocycles. The SMILES string of the molecule is CCC(N)Cc1ccc(N(C)C2CCCCCC2)c(Cl)c1. The summed E-state index contributed by atoms with van der Waals surface area (Å²) in [5.41, 5.74) is 8.44. The number of anilines is 1. The van der Waals surface area contributed by atoms with Gasteiger partial charge in [0.25, 0.3) is 0 Å². The van der Waals surface area contributed by atoms with Crippen molar-refractivity contribution in [2.75, 3.05) is 11.9 Å². The first-order valence-electron chi connectivity index (χ1n) is 8.38. The highest BCUT2D eigenvalue weighted by Crippen LogP contribution is 2.31. The number of benzene rings is 1. The number of hydrogen-bond acceptors (Lipinski definition) is 2. The Balaban J connectivity index is 2.08. The monoisotopic (exact) mass is 308 g/mol. The Bertz CT molecular complexity index is 439. The lowest BCUT2D eigenvalue weighted by Crippen LogP contribution is -2.31. The van der Waals surface area contributed by atoms with E-state index in [2.05, 4.69) is 37.1 Å². The Morgan fingerprint density at radius 1 is 1.24 bits per heavy atom. The van der Waals surface area contributed by atoms with Gasteiger partial charge in [-0.15, -0.1) is 0 Å². The van der Waals surface area contributed by atoms with E-state index in [-0.39, 0.29) is 6.04 Å². The van der Waals surface area contributed by atoms with E-state index in [9.17, 15) is 0 Å². The molecule has 0 radical (unpaired) electrons. The van der Waals surface area contributed by atoms with Gasteiger partial charge in [0.05, 0.1) is 10.7 Å². The Morgan fingerprint density at radius 3 is 2.48 bits per heavy atom. The standard InChI is InChI=1S/C18H29ClN2/c1-3-15(20)12-14-10-11-18(17(19)13-14)21(2)16-8-6-4-5-7-9-16/h10-11,13,15-16H,3-9,12,20H2,1-2H3.